The van der Waals surface area contributed by atoms with Gasteiger partial charge in [0.25, 0.3) is 0 Å². The van der Waals surface area contributed by atoms with Crippen molar-refractivity contribution in [2.45, 2.75) is 6.92 Å². The first-order valence-electron chi connectivity index (χ1n) is 8.97. The lowest BCUT2D eigenvalue weighted by molar-refractivity contribution is 0.101. The van der Waals surface area contributed by atoms with Crippen LogP contribution in [0, 0.1) is 11.3 Å². The molecule has 0 aliphatic rings. The number of hydrogen-bond acceptors (Lipinski definition) is 3. The molecule has 0 fully saturated rings. The van der Waals surface area contributed by atoms with Crippen molar-refractivity contribution < 1.29 is 9.21 Å². The van der Waals surface area contributed by atoms with Crippen LogP contribution in [0.3, 0.4) is 0 Å². The molecule has 134 valence electrons. The quantitative estimate of drug-likeness (QED) is 0.313. The third-order valence-corrected chi connectivity index (χ3v) is 4.69. The number of allylic oxidation sites excluding steroid dienone is 1. The number of fused-ring (bicyclic) bond motifs is 1. The number of hydrogen-bond donors (Lipinski definition) is 0. The largest absolute Gasteiger partial charge is 0.457 e. The van der Waals surface area contributed by atoms with Crippen LogP contribution in [-0.4, -0.2) is 5.78 Å². The second-order valence-corrected chi connectivity index (χ2v) is 6.53. The normalized spacial score (nSPS) is 11.4. The van der Waals surface area contributed by atoms with Crippen molar-refractivity contribution in [2.75, 3.05) is 0 Å². The molecule has 3 nitrogen and oxygen atoms in total. The standard InChI is InChI=1S/C25H17NO2/c1-17(27)18-9-11-20(12-10-18)25-14-13-22(28-25)15-21(16-26)24-8-4-6-19-5-2-3-7-23(19)24/h2-15H,1H3/b21-15-. The minimum absolute atomic E-state index is 0.0309. The SMILES string of the molecule is CC(=O)c1ccc(-c2ccc(/C=C(/C#N)c3cccc4ccccc34)o2)cc1. The predicted octanol–water partition coefficient (Wildman–Crippen LogP) is 6.37. The zero-order valence-electron chi connectivity index (χ0n) is 15.3. The van der Waals surface area contributed by atoms with Crippen molar-refractivity contribution in [1.29, 1.82) is 5.26 Å². The molecular weight excluding hydrogens is 346 g/mol. The van der Waals surface area contributed by atoms with Gasteiger partial charge in [-0.05, 0) is 35.9 Å². The van der Waals surface area contributed by atoms with E-state index in [0.29, 0.717) is 22.7 Å². The number of ketones is 1. The molecule has 1 heterocycles. The first-order valence-corrected chi connectivity index (χ1v) is 8.97. The monoisotopic (exact) mass is 363 g/mol. The average Bonchev–Trinajstić information content (AvgIpc) is 3.20. The highest BCUT2D eigenvalue weighted by molar-refractivity contribution is 6.01. The zero-order chi connectivity index (χ0) is 19.5. The van der Waals surface area contributed by atoms with Crippen LogP contribution in [0.1, 0.15) is 28.6 Å². The lowest BCUT2D eigenvalue weighted by atomic mass is 9.98. The Morgan fingerprint density at radius 1 is 0.929 bits per heavy atom. The van der Waals surface area contributed by atoms with Crippen LogP contribution in [0.5, 0.6) is 0 Å². The van der Waals surface area contributed by atoms with Crippen molar-refractivity contribution in [3.05, 3.63) is 95.7 Å². The van der Waals surface area contributed by atoms with E-state index in [-0.39, 0.29) is 5.78 Å². The number of Topliss-reactive ketones (excluding diaryl/α,β-unsaturated/α-hetero) is 1. The summed E-state index contributed by atoms with van der Waals surface area (Å²) in [5.41, 5.74) is 2.97. The number of nitriles is 1. The van der Waals surface area contributed by atoms with Gasteiger partial charge in [0.2, 0.25) is 0 Å². The Kier molecular flexibility index (Phi) is 4.62. The highest BCUT2D eigenvalue weighted by Gasteiger charge is 2.09. The van der Waals surface area contributed by atoms with Crippen molar-refractivity contribution in [1.82, 2.24) is 0 Å². The lowest BCUT2D eigenvalue weighted by Crippen LogP contribution is -1.90. The fourth-order valence-electron chi connectivity index (χ4n) is 3.23. The maximum atomic E-state index is 11.4. The summed E-state index contributed by atoms with van der Waals surface area (Å²) in [6.45, 7) is 1.54. The van der Waals surface area contributed by atoms with Gasteiger partial charge in [0.05, 0.1) is 11.6 Å². The number of rotatable bonds is 4. The maximum Gasteiger partial charge on any atom is 0.159 e. The molecular formula is C25H17NO2. The smallest absolute Gasteiger partial charge is 0.159 e. The second-order valence-electron chi connectivity index (χ2n) is 6.53. The van der Waals surface area contributed by atoms with Gasteiger partial charge in [-0.25, -0.2) is 0 Å². The summed E-state index contributed by atoms with van der Waals surface area (Å²) in [4.78, 5) is 11.4. The molecule has 0 aliphatic carbocycles. The van der Waals surface area contributed by atoms with Gasteiger partial charge < -0.3 is 4.42 Å². The van der Waals surface area contributed by atoms with Crippen molar-refractivity contribution in [3.8, 4) is 17.4 Å². The van der Waals surface area contributed by atoms with E-state index in [0.717, 1.165) is 21.9 Å². The molecule has 0 saturated heterocycles. The van der Waals surface area contributed by atoms with E-state index >= 15 is 0 Å². The van der Waals surface area contributed by atoms with Gasteiger partial charge in [0.1, 0.15) is 11.5 Å². The first-order chi connectivity index (χ1) is 13.7. The molecule has 28 heavy (non-hydrogen) atoms. The lowest BCUT2D eigenvalue weighted by Gasteiger charge is -2.05. The van der Waals surface area contributed by atoms with E-state index in [4.69, 9.17) is 4.42 Å². The molecule has 0 atom stereocenters. The zero-order valence-corrected chi connectivity index (χ0v) is 15.3. The van der Waals surface area contributed by atoms with Gasteiger partial charge in [0, 0.05) is 16.7 Å². The van der Waals surface area contributed by atoms with Gasteiger partial charge in [0.15, 0.2) is 5.78 Å². The first kappa shape index (κ1) is 17.5. The molecule has 0 aliphatic heterocycles. The van der Waals surface area contributed by atoms with E-state index in [1.54, 1.807) is 25.1 Å². The highest BCUT2D eigenvalue weighted by atomic mass is 16.3. The van der Waals surface area contributed by atoms with Gasteiger partial charge >= 0.3 is 0 Å². The van der Waals surface area contributed by atoms with E-state index < -0.39 is 0 Å². The molecule has 0 bridgehead atoms. The van der Waals surface area contributed by atoms with Gasteiger partial charge in [-0.3, -0.25) is 4.79 Å². The summed E-state index contributed by atoms with van der Waals surface area (Å²) in [5.74, 6) is 1.33. The molecule has 0 amide bonds. The summed E-state index contributed by atoms with van der Waals surface area (Å²) in [6.07, 6.45) is 1.76. The third kappa shape index (κ3) is 3.36. The van der Waals surface area contributed by atoms with Crippen molar-refractivity contribution >= 4 is 28.2 Å². The number of benzene rings is 3. The molecule has 3 aromatic carbocycles. The topological polar surface area (TPSA) is 54.0 Å². The third-order valence-electron chi connectivity index (χ3n) is 4.69. The van der Waals surface area contributed by atoms with E-state index in [9.17, 15) is 10.1 Å². The van der Waals surface area contributed by atoms with Crippen molar-refractivity contribution in [2.24, 2.45) is 0 Å². The Morgan fingerprint density at radius 2 is 1.68 bits per heavy atom. The minimum Gasteiger partial charge on any atom is -0.457 e. The van der Waals surface area contributed by atoms with Gasteiger partial charge in [-0.2, -0.15) is 5.26 Å². The molecule has 0 spiro atoms. The van der Waals surface area contributed by atoms with Crippen LogP contribution in [0.2, 0.25) is 0 Å². The Morgan fingerprint density at radius 3 is 2.43 bits per heavy atom. The molecule has 4 rings (SSSR count). The number of furan rings is 1. The van der Waals surface area contributed by atoms with Crippen LogP contribution < -0.4 is 0 Å². The van der Waals surface area contributed by atoms with E-state index in [1.165, 1.54) is 0 Å². The predicted molar refractivity (Wildman–Crippen MR) is 112 cm³/mol. The molecule has 0 N–H and O–H groups in total. The molecule has 0 unspecified atom stereocenters. The molecule has 4 aromatic rings. The molecule has 0 saturated carbocycles. The summed E-state index contributed by atoms with van der Waals surface area (Å²) >= 11 is 0. The summed E-state index contributed by atoms with van der Waals surface area (Å²) in [6, 6.07) is 27.2. The van der Waals surface area contributed by atoms with Crippen LogP contribution in [0.25, 0.3) is 33.7 Å². The molecule has 3 heteroatoms. The number of carbonyl (C=O) groups excluding carboxylic acids is 1. The van der Waals surface area contributed by atoms with Crippen LogP contribution in [0.4, 0.5) is 0 Å². The Bertz CT molecular complexity index is 1230. The van der Waals surface area contributed by atoms with E-state index in [2.05, 4.69) is 6.07 Å². The van der Waals surface area contributed by atoms with Crippen LogP contribution in [-0.2, 0) is 0 Å². The van der Waals surface area contributed by atoms with Gasteiger partial charge in [-0.1, -0.05) is 66.7 Å². The fourth-order valence-corrected chi connectivity index (χ4v) is 3.23. The van der Waals surface area contributed by atoms with Crippen LogP contribution >= 0.6 is 0 Å². The van der Waals surface area contributed by atoms with E-state index in [1.807, 2.05) is 66.7 Å². The van der Waals surface area contributed by atoms with Crippen LogP contribution in [0.15, 0.2) is 83.3 Å². The second kappa shape index (κ2) is 7.38. The summed E-state index contributed by atoms with van der Waals surface area (Å²) in [5, 5.41) is 11.8. The molecule has 1 aromatic heterocycles. The van der Waals surface area contributed by atoms with Gasteiger partial charge in [-0.15, -0.1) is 0 Å². The summed E-state index contributed by atoms with van der Waals surface area (Å²) in [7, 11) is 0. The number of carbonyl (C=O) groups is 1. The van der Waals surface area contributed by atoms with Crippen molar-refractivity contribution in [3.63, 3.8) is 0 Å². The molecule has 0 radical (unpaired) electrons. The highest BCUT2D eigenvalue weighted by Crippen LogP contribution is 2.28. The fraction of sp³-hybridized carbons (Fsp3) is 0.0400. The number of nitrogens with zero attached hydrogens (tertiary/aromatic N) is 1. The summed E-state index contributed by atoms with van der Waals surface area (Å²) < 4.78 is 5.92. The minimum atomic E-state index is 0.0309. The maximum absolute atomic E-state index is 11.4. The average molecular weight is 363 g/mol. The Hall–Kier alpha value is -3.90. The Balaban J connectivity index is 1.70. The Labute approximate surface area is 163 Å².